The van der Waals surface area contributed by atoms with Crippen molar-refractivity contribution in [1.29, 1.82) is 0 Å². The van der Waals surface area contributed by atoms with Crippen molar-refractivity contribution in [3.63, 3.8) is 0 Å². The van der Waals surface area contributed by atoms with Gasteiger partial charge >= 0.3 is 5.97 Å². The molecule has 0 atom stereocenters. The first-order valence-corrected chi connectivity index (χ1v) is 6.83. The third-order valence-electron chi connectivity index (χ3n) is 2.54. The first-order valence-electron chi connectivity index (χ1n) is 6.03. The summed E-state index contributed by atoms with van der Waals surface area (Å²) in [5, 5.41) is 8.90. The van der Waals surface area contributed by atoms with Gasteiger partial charge in [0.2, 0.25) is 0 Å². The summed E-state index contributed by atoms with van der Waals surface area (Å²) >= 11 is 3.30. The Hall–Kier alpha value is -2.01. The highest BCUT2D eigenvalue weighted by Gasteiger charge is 2.08. The molecule has 1 N–H and O–H groups in total. The fourth-order valence-electron chi connectivity index (χ4n) is 1.61. The molecular weight excluding hydrogens is 324 g/mol. The first kappa shape index (κ1) is 14.4. The molecule has 0 heterocycles. The van der Waals surface area contributed by atoms with E-state index in [2.05, 4.69) is 15.9 Å². The molecule has 0 saturated heterocycles. The maximum Gasteiger partial charge on any atom is 0.335 e. The molecule has 2 aromatic rings. The van der Waals surface area contributed by atoms with Crippen LogP contribution < -0.4 is 9.47 Å². The van der Waals surface area contributed by atoms with E-state index in [1.165, 1.54) is 12.1 Å². The summed E-state index contributed by atoms with van der Waals surface area (Å²) in [6.07, 6.45) is 0. The summed E-state index contributed by atoms with van der Waals surface area (Å²) in [5.74, 6) is 1.01. The van der Waals surface area contributed by atoms with E-state index in [4.69, 9.17) is 14.6 Å². The summed E-state index contributed by atoms with van der Waals surface area (Å²) in [6.45, 7) is 2.54. The van der Waals surface area contributed by atoms with Crippen LogP contribution in [0.15, 0.2) is 46.9 Å². The van der Waals surface area contributed by atoms with Crippen LogP contribution in [-0.2, 0) is 0 Å². The van der Waals surface area contributed by atoms with Gasteiger partial charge in [0.1, 0.15) is 17.2 Å². The van der Waals surface area contributed by atoms with Crippen molar-refractivity contribution in [3.05, 3.63) is 52.5 Å². The van der Waals surface area contributed by atoms with Gasteiger partial charge in [0.25, 0.3) is 0 Å². The number of hydrogen-bond acceptors (Lipinski definition) is 3. The molecule has 0 aliphatic rings. The standard InChI is InChI=1S/C15H13BrO4/c1-2-19-11-4-6-12(7-5-11)20-14-8-3-10(15(17)18)9-13(14)16/h3-9H,2H2,1H3,(H,17,18). The molecule has 0 aromatic heterocycles. The van der Waals surface area contributed by atoms with Gasteiger partial charge in [-0.1, -0.05) is 0 Å². The smallest absolute Gasteiger partial charge is 0.335 e. The minimum atomic E-state index is -0.974. The van der Waals surface area contributed by atoms with Crippen LogP contribution in [0.1, 0.15) is 17.3 Å². The van der Waals surface area contributed by atoms with Gasteiger partial charge in [0, 0.05) is 0 Å². The molecule has 0 radical (unpaired) electrons. The molecule has 0 spiro atoms. The van der Waals surface area contributed by atoms with Gasteiger partial charge in [-0.2, -0.15) is 0 Å². The lowest BCUT2D eigenvalue weighted by Crippen LogP contribution is -1.96. The number of aromatic carboxylic acids is 1. The molecule has 0 bridgehead atoms. The lowest BCUT2D eigenvalue weighted by Gasteiger charge is -2.09. The Bertz CT molecular complexity index is 608. The van der Waals surface area contributed by atoms with E-state index in [1.54, 1.807) is 18.2 Å². The van der Waals surface area contributed by atoms with Crippen LogP contribution in [-0.4, -0.2) is 17.7 Å². The van der Waals surface area contributed by atoms with E-state index in [0.29, 0.717) is 22.6 Å². The SMILES string of the molecule is CCOc1ccc(Oc2ccc(C(=O)O)cc2Br)cc1. The van der Waals surface area contributed by atoms with Crippen molar-refractivity contribution >= 4 is 21.9 Å². The number of carboxylic acids is 1. The highest BCUT2D eigenvalue weighted by atomic mass is 79.9. The molecule has 2 aromatic carbocycles. The fourth-order valence-corrected chi connectivity index (χ4v) is 2.07. The molecule has 104 valence electrons. The highest BCUT2D eigenvalue weighted by molar-refractivity contribution is 9.10. The van der Waals surface area contributed by atoms with Crippen LogP contribution in [0.5, 0.6) is 17.2 Å². The zero-order valence-electron chi connectivity index (χ0n) is 10.8. The van der Waals surface area contributed by atoms with E-state index in [0.717, 1.165) is 5.75 Å². The molecule has 0 aliphatic carbocycles. The predicted octanol–water partition coefficient (Wildman–Crippen LogP) is 4.34. The maximum absolute atomic E-state index is 10.8. The second kappa shape index (κ2) is 6.43. The third kappa shape index (κ3) is 3.51. The van der Waals surface area contributed by atoms with Gasteiger partial charge in [0.05, 0.1) is 16.6 Å². The Morgan fingerprint density at radius 2 is 1.80 bits per heavy atom. The van der Waals surface area contributed by atoms with E-state index in [-0.39, 0.29) is 5.56 Å². The molecule has 20 heavy (non-hydrogen) atoms. The van der Waals surface area contributed by atoms with E-state index >= 15 is 0 Å². The Kier molecular flexibility index (Phi) is 4.63. The molecule has 4 nitrogen and oxygen atoms in total. The van der Waals surface area contributed by atoms with Crippen LogP contribution in [0.2, 0.25) is 0 Å². The van der Waals surface area contributed by atoms with Crippen molar-refractivity contribution in [2.24, 2.45) is 0 Å². The monoisotopic (exact) mass is 336 g/mol. The predicted molar refractivity (Wildman–Crippen MR) is 78.8 cm³/mol. The fraction of sp³-hybridized carbons (Fsp3) is 0.133. The quantitative estimate of drug-likeness (QED) is 0.882. The zero-order valence-corrected chi connectivity index (χ0v) is 12.4. The molecule has 0 fully saturated rings. The summed E-state index contributed by atoms with van der Waals surface area (Å²) in [5.41, 5.74) is 0.205. The van der Waals surface area contributed by atoms with Gasteiger partial charge < -0.3 is 14.6 Å². The van der Waals surface area contributed by atoms with Crippen LogP contribution in [0.3, 0.4) is 0 Å². The number of rotatable bonds is 5. The molecular formula is C15H13BrO4. The lowest BCUT2D eigenvalue weighted by molar-refractivity contribution is 0.0697. The molecule has 2 rings (SSSR count). The van der Waals surface area contributed by atoms with Crippen molar-refractivity contribution in [1.82, 2.24) is 0 Å². The summed E-state index contributed by atoms with van der Waals surface area (Å²) in [4.78, 5) is 10.8. The summed E-state index contributed by atoms with van der Waals surface area (Å²) in [6, 6.07) is 11.8. The van der Waals surface area contributed by atoms with E-state index in [9.17, 15) is 4.79 Å². The highest BCUT2D eigenvalue weighted by Crippen LogP contribution is 2.31. The molecule has 0 unspecified atom stereocenters. The largest absolute Gasteiger partial charge is 0.494 e. The number of hydrogen-bond donors (Lipinski definition) is 1. The lowest BCUT2D eigenvalue weighted by atomic mass is 10.2. The first-order chi connectivity index (χ1) is 9.60. The van der Waals surface area contributed by atoms with Gasteiger partial charge in [0.15, 0.2) is 0 Å². The Morgan fingerprint density at radius 1 is 1.15 bits per heavy atom. The summed E-state index contributed by atoms with van der Waals surface area (Å²) in [7, 11) is 0. The normalized spacial score (nSPS) is 10.1. The second-order valence-electron chi connectivity index (χ2n) is 3.96. The van der Waals surface area contributed by atoms with Crippen molar-refractivity contribution in [2.75, 3.05) is 6.61 Å². The summed E-state index contributed by atoms with van der Waals surface area (Å²) < 4.78 is 11.6. The van der Waals surface area contributed by atoms with Gasteiger partial charge in [-0.25, -0.2) is 4.79 Å². The van der Waals surface area contributed by atoms with Gasteiger partial charge in [-0.3, -0.25) is 0 Å². The number of ether oxygens (including phenoxy) is 2. The Labute approximate surface area is 125 Å². The van der Waals surface area contributed by atoms with E-state index < -0.39 is 5.97 Å². The molecule has 0 saturated carbocycles. The average Bonchev–Trinajstić information content (AvgIpc) is 2.43. The minimum absolute atomic E-state index is 0.205. The maximum atomic E-state index is 10.8. The van der Waals surface area contributed by atoms with Crippen LogP contribution in [0, 0.1) is 0 Å². The van der Waals surface area contributed by atoms with Crippen molar-refractivity contribution in [3.8, 4) is 17.2 Å². The number of carboxylic acid groups (broad SMARTS) is 1. The third-order valence-corrected chi connectivity index (χ3v) is 3.16. The van der Waals surface area contributed by atoms with Crippen molar-refractivity contribution < 1.29 is 19.4 Å². The van der Waals surface area contributed by atoms with Gasteiger partial charge in [-0.05, 0) is 65.3 Å². The van der Waals surface area contributed by atoms with E-state index in [1.807, 2.05) is 19.1 Å². The van der Waals surface area contributed by atoms with Crippen LogP contribution >= 0.6 is 15.9 Å². The van der Waals surface area contributed by atoms with Gasteiger partial charge in [-0.15, -0.1) is 0 Å². The van der Waals surface area contributed by atoms with Crippen LogP contribution in [0.25, 0.3) is 0 Å². The topological polar surface area (TPSA) is 55.8 Å². The Balaban J connectivity index is 2.15. The number of carbonyl (C=O) groups is 1. The molecule has 0 aliphatic heterocycles. The second-order valence-corrected chi connectivity index (χ2v) is 4.81. The van der Waals surface area contributed by atoms with Crippen molar-refractivity contribution in [2.45, 2.75) is 6.92 Å². The average molecular weight is 337 g/mol. The van der Waals surface area contributed by atoms with Crippen LogP contribution in [0.4, 0.5) is 0 Å². The number of halogens is 1. The zero-order chi connectivity index (χ0) is 14.5. The number of benzene rings is 2. The minimum Gasteiger partial charge on any atom is -0.494 e. The molecule has 5 heteroatoms. The molecule has 0 amide bonds. The Morgan fingerprint density at radius 3 is 2.35 bits per heavy atom.